The van der Waals surface area contributed by atoms with Crippen LogP contribution in [-0.2, 0) is 9.47 Å². The van der Waals surface area contributed by atoms with Gasteiger partial charge in [-0.1, -0.05) is 0 Å². The zero-order chi connectivity index (χ0) is 7.03. The van der Waals surface area contributed by atoms with Crippen molar-refractivity contribution in [2.75, 3.05) is 19.8 Å². The third-order valence-corrected chi connectivity index (χ3v) is 2.10. The van der Waals surface area contributed by atoms with Gasteiger partial charge >= 0.3 is 0 Å². The quantitative estimate of drug-likeness (QED) is 0.550. The molecule has 10 heavy (non-hydrogen) atoms. The lowest BCUT2D eigenvalue weighted by molar-refractivity contribution is 0.0783. The largest absolute Gasteiger partial charge is 0.378 e. The maximum Gasteiger partial charge on any atom is 0.112 e. The predicted molar refractivity (Wildman–Crippen MR) is 37.9 cm³/mol. The minimum atomic E-state index is 0.0922. The zero-order valence-corrected chi connectivity index (χ0v) is 6.43. The van der Waals surface area contributed by atoms with Crippen LogP contribution >= 0.6 is 0 Å². The maximum absolute atomic E-state index is 5.46. The van der Waals surface area contributed by atoms with E-state index in [2.05, 4.69) is 6.92 Å². The molecule has 2 nitrogen and oxygen atoms in total. The summed E-state index contributed by atoms with van der Waals surface area (Å²) in [6.07, 6.45) is 2.75. The highest BCUT2D eigenvalue weighted by atomic mass is 16.6. The van der Waals surface area contributed by atoms with E-state index in [4.69, 9.17) is 9.47 Å². The highest BCUT2D eigenvalue weighted by molar-refractivity contribution is 4.86. The van der Waals surface area contributed by atoms with Crippen LogP contribution in [0.25, 0.3) is 0 Å². The molecular weight excluding hydrogens is 128 g/mol. The Hall–Kier alpha value is -0.0800. The SMILES string of the molecule is CC1(COCC2CC2)CO1. The van der Waals surface area contributed by atoms with Gasteiger partial charge in [0, 0.05) is 6.61 Å². The summed E-state index contributed by atoms with van der Waals surface area (Å²) in [4.78, 5) is 0. The Bertz CT molecular complexity index is 125. The van der Waals surface area contributed by atoms with Gasteiger partial charge in [0.25, 0.3) is 0 Å². The lowest BCUT2D eigenvalue weighted by Gasteiger charge is -2.04. The Morgan fingerprint density at radius 2 is 2.30 bits per heavy atom. The van der Waals surface area contributed by atoms with E-state index >= 15 is 0 Å². The summed E-state index contributed by atoms with van der Waals surface area (Å²) in [6.45, 7) is 4.74. The minimum absolute atomic E-state index is 0.0922. The molecule has 1 aliphatic heterocycles. The Kier molecular flexibility index (Phi) is 1.46. The first-order chi connectivity index (χ1) is 4.79. The molecule has 2 rings (SSSR count). The summed E-state index contributed by atoms with van der Waals surface area (Å²) < 4.78 is 10.6. The van der Waals surface area contributed by atoms with Crippen LogP contribution in [0.5, 0.6) is 0 Å². The molecule has 1 saturated carbocycles. The molecule has 0 aromatic rings. The van der Waals surface area contributed by atoms with Crippen molar-refractivity contribution in [1.29, 1.82) is 0 Å². The van der Waals surface area contributed by atoms with E-state index in [0.29, 0.717) is 0 Å². The molecule has 0 amide bonds. The lowest BCUT2D eigenvalue weighted by Crippen LogP contribution is -2.15. The van der Waals surface area contributed by atoms with Gasteiger partial charge < -0.3 is 9.47 Å². The van der Waals surface area contributed by atoms with E-state index in [1.165, 1.54) is 12.8 Å². The van der Waals surface area contributed by atoms with Crippen LogP contribution in [0.3, 0.4) is 0 Å². The number of rotatable bonds is 4. The molecule has 1 aliphatic carbocycles. The molecule has 58 valence electrons. The van der Waals surface area contributed by atoms with Crippen LogP contribution in [0.1, 0.15) is 19.8 Å². The van der Waals surface area contributed by atoms with Gasteiger partial charge in [0.2, 0.25) is 0 Å². The lowest BCUT2D eigenvalue weighted by atomic mass is 10.2. The van der Waals surface area contributed by atoms with Gasteiger partial charge in [-0.25, -0.2) is 0 Å². The third-order valence-electron chi connectivity index (χ3n) is 2.10. The van der Waals surface area contributed by atoms with Gasteiger partial charge in [-0.05, 0) is 25.7 Å². The van der Waals surface area contributed by atoms with Crippen LogP contribution < -0.4 is 0 Å². The Morgan fingerprint density at radius 3 is 2.80 bits per heavy atom. The highest BCUT2D eigenvalue weighted by Gasteiger charge is 2.39. The number of epoxide rings is 1. The van der Waals surface area contributed by atoms with Crippen LogP contribution in [0.4, 0.5) is 0 Å². The van der Waals surface area contributed by atoms with Crippen molar-refractivity contribution in [3.05, 3.63) is 0 Å². The summed E-state index contributed by atoms with van der Waals surface area (Å²) in [5.41, 5.74) is 0.0922. The molecule has 0 spiro atoms. The first kappa shape index (κ1) is 6.62. The van der Waals surface area contributed by atoms with E-state index < -0.39 is 0 Å². The van der Waals surface area contributed by atoms with Gasteiger partial charge in [-0.15, -0.1) is 0 Å². The molecule has 2 heteroatoms. The van der Waals surface area contributed by atoms with Gasteiger partial charge in [-0.2, -0.15) is 0 Å². The number of hydrogen-bond donors (Lipinski definition) is 0. The molecular formula is C8H14O2. The second-order valence-corrected chi connectivity index (χ2v) is 3.70. The molecule has 0 aromatic heterocycles. The fraction of sp³-hybridized carbons (Fsp3) is 1.00. The van der Waals surface area contributed by atoms with Crippen molar-refractivity contribution < 1.29 is 9.47 Å². The Morgan fingerprint density at radius 1 is 1.60 bits per heavy atom. The molecule has 1 atom stereocenters. The smallest absolute Gasteiger partial charge is 0.112 e. The van der Waals surface area contributed by atoms with Crippen molar-refractivity contribution in [2.24, 2.45) is 5.92 Å². The average molecular weight is 142 g/mol. The van der Waals surface area contributed by atoms with E-state index in [1.807, 2.05) is 0 Å². The molecule has 0 radical (unpaired) electrons. The van der Waals surface area contributed by atoms with E-state index in [-0.39, 0.29) is 5.60 Å². The van der Waals surface area contributed by atoms with Crippen LogP contribution in [0, 0.1) is 5.92 Å². The van der Waals surface area contributed by atoms with Crippen molar-refractivity contribution in [1.82, 2.24) is 0 Å². The number of hydrogen-bond acceptors (Lipinski definition) is 2. The van der Waals surface area contributed by atoms with E-state index in [0.717, 1.165) is 25.7 Å². The van der Waals surface area contributed by atoms with Crippen LogP contribution in [0.2, 0.25) is 0 Å². The molecule has 2 fully saturated rings. The van der Waals surface area contributed by atoms with Gasteiger partial charge in [0.15, 0.2) is 0 Å². The molecule has 1 unspecified atom stereocenters. The van der Waals surface area contributed by atoms with E-state index in [1.54, 1.807) is 0 Å². The predicted octanol–water partition coefficient (Wildman–Crippen LogP) is 1.20. The molecule has 0 N–H and O–H groups in total. The Balaban J connectivity index is 1.54. The number of ether oxygens (including phenoxy) is 2. The van der Waals surface area contributed by atoms with Crippen molar-refractivity contribution in [3.63, 3.8) is 0 Å². The molecule has 0 bridgehead atoms. The summed E-state index contributed by atoms with van der Waals surface area (Å²) in [5.74, 6) is 0.877. The summed E-state index contributed by atoms with van der Waals surface area (Å²) in [5, 5.41) is 0. The highest BCUT2D eigenvalue weighted by Crippen LogP contribution is 2.31. The molecule has 1 saturated heterocycles. The monoisotopic (exact) mass is 142 g/mol. The first-order valence-electron chi connectivity index (χ1n) is 4.00. The topological polar surface area (TPSA) is 21.8 Å². The molecule has 2 aliphatic rings. The second kappa shape index (κ2) is 2.21. The fourth-order valence-electron chi connectivity index (χ4n) is 0.933. The van der Waals surface area contributed by atoms with Crippen molar-refractivity contribution >= 4 is 0 Å². The summed E-state index contributed by atoms with van der Waals surface area (Å²) >= 11 is 0. The van der Waals surface area contributed by atoms with E-state index in [9.17, 15) is 0 Å². The molecule has 1 heterocycles. The summed E-state index contributed by atoms with van der Waals surface area (Å²) in [6, 6.07) is 0. The average Bonchev–Trinajstić information content (AvgIpc) is 2.70. The second-order valence-electron chi connectivity index (χ2n) is 3.70. The molecule has 0 aromatic carbocycles. The maximum atomic E-state index is 5.46. The summed E-state index contributed by atoms with van der Waals surface area (Å²) in [7, 11) is 0. The zero-order valence-electron chi connectivity index (χ0n) is 6.43. The minimum Gasteiger partial charge on any atom is -0.378 e. The van der Waals surface area contributed by atoms with Crippen LogP contribution in [0.15, 0.2) is 0 Å². The van der Waals surface area contributed by atoms with Crippen LogP contribution in [-0.4, -0.2) is 25.4 Å². The van der Waals surface area contributed by atoms with Crippen molar-refractivity contribution in [2.45, 2.75) is 25.4 Å². The Labute approximate surface area is 61.5 Å². The van der Waals surface area contributed by atoms with Gasteiger partial charge in [-0.3, -0.25) is 0 Å². The normalized spacial score (nSPS) is 38.1. The standard InChI is InChI=1S/C8H14O2/c1-8(6-10-8)5-9-4-7-2-3-7/h7H,2-6H2,1H3. The fourth-order valence-corrected chi connectivity index (χ4v) is 0.933. The third kappa shape index (κ3) is 1.70. The van der Waals surface area contributed by atoms with Gasteiger partial charge in [0.1, 0.15) is 5.60 Å². The van der Waals surface area contributed by atoms with Gasteiger partial charge in [0.05, 0.1) is 13.2 Å². The first-order valence-corrected chi connectivity index (χ1v) is 4.00. The van der Waals surface area contributed by atoms with Crippen molar-refractivity contribution in [3.8, 4) is 0 Å².